The molecule has 0 N–H and O–H groups in total. The molecule has 0 rings (SSSR count). The molecule has 0 fully saturated rings. The lowest BCUT2D eigenvalue weighted by Crippen LogP contribution is -1.92. The topological polar surface area (TPSA) is 65.8 Å². The second-order valence-electron chi connectivity index (χ2n) is 2.17. The molecule has 0 spiro atoms. The third-order valence-electron chi connectivity index (χ3n) is 0.936. The second-order valence-corrected chi connectivity index (χ2v) is 2.17. The minimum absolute atomic E-state index is 0.398. The summed E-state index contributed by atoms with van der Waals surface area (Å²) in [6, 6.07) is 0. The molecule has 0 radical (unpaired) electrons. The Bertz CT molecular complexity index is 259. The van der Waals surface area contributed by atoms with Crippen LogP contribution in [0.4, 0.5) is 0 Å². The van der Waals surface area contributed by atoms with Gasteiger partial charge in [0, 0.05) is 4.91 Å². The van der Waals surface area contributed by atoms with Crippen LogP contribution in [0.2, 0.25) is 0 Å². The van der Waals surface area contributed by atoms with E-state index in [1.165, 1.54) is 0 Å². The lowest BCUT2D eigenvalue weighted by atomic mass is 10.2. The van der Waals surface area contributed by atoms with Gasteiger partial charge in [-0.1, -0.05) is 18.2 Å². The first-order valence-electron chi connectivity index (χ1n) is 3.01. The van der Waals surface area contributed by atoms with E-state index < -0.39 is 5.91 Å². The Morgan fingerprint density at radius 2 is 2.18 bits per heavy atom. The quantitative estimate of drug-likeness (QED) is 0.196. The van der Waals surface area contributed by atoms with Gasteiger partial charge in [-0.25, -0.2) is 0 Å². The van der Waals surface area contributed by atoms with E-state index in [-0.39, 0.29) is 0 Å². The van der Waals surface area contributed by atoms with Crippen LogP contribution in [0, 0.1) is 0 Å². The lowest BCUT2D eigenvalue weighted by molar-refractivity contribution is -0.114. The summed E-state index contributed by atoms with van der Waals surface area (Å²) >= 11 is 0. The van der Waals surface area contributed by atoms with Gasteiger partial charge in [0.15, 0.2) is 0 Å². The molecule has 0 bridgehead atoms. The average molecular weight is 151 g/mol. The molecule has 11 heavy (non-hydrogen) atoms. The molecule has 58 valence electrons. The van der Waals surface area contributed by atoms with E-state index in [0.717, 1.165) is 5.57 Å². The Morgan fingerprint density at radius 3 is 2.55 bits per heavy atom. The third-order valence-corrected chi connectivity index (χ3v) is 0.936. The van der Waals surface area contributed by atoms with Crippen molar-refractivity contribution in [3.05, 3.63) is 34.2 Å². The zero-order valence-corrected chi connectivity index (χ0v) is 6.53. The first kappa shape index (κ1) is 9.46. The van der Waals surface area contributed by atoms with Crippen LogP contribution < -0.4 is 0 Å². The monoisotopic (exact) mass is 151 g/mol. The minimum Gasteiger partial charge on any atom is -0.287 e. The summed E-state index contributed by atoms with van der Waals surface area (Å²) in [7, 11) is 0. The van der Waals surface area contributed by atoms with Crippen LogP contribution in [-0.4, -0.2) is 5.91 Å². The van der Waals surface area contributed by atoms with Gasteiger partial charge >= 0.3 is 0 Å². The number of carbonyl (C=O) groups excluding carboxylic acids is 1. The Balaban J connectivity index is 4.48. The SMILES string of the molecule is C=C(C)/C=C(\C)C(=O)N=[N+]=[N-]. The van der Waals surface area contributed by atoms with E-state index in [0.29, 0.717) is 5.57 Å². The Hall–Kier alpha value is -1.54. The summed E-state index contributed by atoms with van der Waals surface area (Å²) in [5.41, 5.74) is 9.06. The maximum absolute atomic E-state index is 10.7. The lowest BCUT2D eigenvalue weighted by Gasteiger charge is -1.91. The molecule has 0 saturated carbocycles. The van der Waals surface area contributed by atoms with Gasteiger partial charge in [0.25, 0.3) is 0 Å². The van der Waals surface area contributed by atoms with E-state index in [9.17, 15) is 4.79 Å². The van der Waals surface area contributed by atoms with Crippen molar-refractivity contribution in [1.29, 1.82) is 0 Å². The maximum atomic E-state index is 10.7. The molecule has 0 heterocycles. The summed E-state index contributed by atoms with van der Waals surface area (Å²) in [6.07, 6.45) is 1.57. The van der Waals surface area contributed by atoms with Gasteiger partial charge in [0.1, 0.15) is 0 Å². The molecule has 0 aliphatic rings. The van der Waals surface area contributed by atoms with Crippen LogP contribution in [0.3, 0.4) is 0 Å². The predicted molar refractivity (Wildman–Crippen MR) is 42.7 cm³/mol. The molecule has 0 aromatic heterocycles. The highest BCUT2D eigenvalue weighted by atomic mass is 16.1. The van der Waals surface area contributed by atoms with Crippen LogP contribution in [0.5, 0.6) is 0 Å². The number of azide groups is 1. The minimum atomic E-state index is -0.560. The number of amides is 1. The standard InChI is InChI=1S/C7H9N3O/c1-5(2)4-6(3)7(11)9-10-8/h4H,1H2,2-3H3/b6-4+. The molecule has 1 amide bonds. The second kappa shape index (κ2) is 4.30. The Morgan fingerprint density at radius 1 is 1.64 bits per heavy atom. The van der Waals surface area contributed by atoms with Crippen molar-refractivity contribution in [2.75, 3.05) is 0 Å². The molecule has 0 aromatic rings. The number of nitrogens with zero attached hydrogens (tertiary/aromatic N) is 3. The van der Waals surface area contributed by atoms with Gasteiger partial charge in [-0.05, 0) is 30.1 Å². The van der Waals surface area contributed by atoms with Crippen molar-refractivity contribution in [2.45, 2.75) is 13.8 Å². The van der Waals surface area contributed by atoms with Crippen LogP contribution in [0.1, 0.15) is 13.8 Å². The molecule has 0 saturated heterocycles. The summed E-state index contributed by atoms with van der Waals surface area (Å²) in [5.74, 6) is -0.560. The highest BCUT2D eigenvalue weighted by molar-refractivity contribution is 5.93. The molecule has 0 aliphatic carbocycles. The molecular weight excluding hydrogens is 142 g/mol. The summed E-state index contributed by atoms with van der Waals surface area (Å²) in [6.45, 7) is 6.91. The normalized spacial score (nSPS) is 10.2. The molecule has 4 heteroatoms. The summed E-state index contributed by atoms with van der Waals surface area (Å²) in [4.78, 5) is 13.1. The molecule has 0 atom stereocenters. The molecule has 0 aliphatic heterocycles. The first-order valence-corrected chi connectivity index (χ1v) is 3.01. The van der Waals surface area contributed by atoms with E-state index in [1.807, 2.05) is 0 Å². The highest BCUT2D eigenvalue weighted by Gasteiger charge is 1.98. The fourth-order valence-electron chi connectivity index (χ4n) is 0.551. The van der Waals surface area contributed by atoms with E-state index in [1.54, 1.807) is 19.9 Å². The average Bonchev–Trinajstić information content (AvgIpc) is 1.86. The van der Waals surface area contributed by atoms with Crippen molar-refractivity contribution in [1.82, 2.24) is 0 Å². The van der Waals surface area contributed by atoms with Gasteiger partial charge < -0.3 is 0 Å². The number of hydrogen-bond acceptors (Lipinski definition) is 1. The van der Waals surface area contributed by atoms with Crippen LogP contribution >= 0.6 is 0 Å². The molecular formula is C7H9N3O. The maximum Gasteiger partial charge on any atom is 0.244 e. The highest BCUT2D eigenvalue weighted by Crippen LogP contribution is 2.00. The summed E-state index contributed by atoms with van der Waals surface area (Å²) < 4.78 is 0. The van der Waals surface area contributed by atoms with Crippen molar-refractivity contribution in [3.63, 3.8) is 0 Å². The zero-order valence-electron chi connectivity index (χ0n) is 6.53. The fraction of sp³-hybridized carbons (Fsp3) is 0.286. The van der Waals surface area contributed by atoms with Gasteiger partial charge in [-0.2, -0.15) is 0 Å². The zero-order chi connectivity index (χ0) is 8.85. The van der Waals surface area contributed by atoms with E-state index in [4.69, 9.17) is 5.53 Å². The Kier molecular flexibility index (Phi) is 3.70. The first-order chi connectivity index (χ1) is 5.07. The van der Waals surface area contributed by atoms with E-state index in [2.05, 4.69) is 16.6 Å². The number of rotatable bonds is 2. The molecule has 4 nitrogen and oxygen atoms in total. The Labute approximate surface area is 64.8 Å². The third kappa shape index (κ3) is 3.95. The number of allylic oxidation sites excluding steroid dienone is 2. The van der Waals surface area contributed by atoms with Crippen molar-refractivity contribution >= 4 is 5.91 Å². The van der Waals surface area contributed by atoms with Gasteiger partial charge in [-0.3, -0.25) is 4.79 Å². The predicted octanol–water partition coefficient (Wildman–Crippen LogP) is 2.35. The van der Waals surface area contributed by atoms with Crippen LogP contribution in [0.15, 0.2) is 28.9 Å². The van der Waals surface area contributed by atoms with Gasteiger partial charge in [-0.15, -0.1) is 0 Å². The molecule has 0 aromatic carbocycles. The largest absolute Gasteiger partial charge is 0.287 e. The van der Waals surface area contributed by atoms with Crippen LogP contribution in [-0.2, 0) is 4.79 Å². The molecule has 0 unspecified atom stereocenters. The van der Waals surface area contributed by atoms with Crippen molar-refractivity contribution in [3.8, 4) is 0 Å². The summed E-state index contributed by atoms with van der Waals surface area (Å²) in [5, 5.41) is 2.91. The van der Waals surface area contributed by atoms with Crippen LogP contribution in [0.25, 0.3) is 10.4 Å². The fourth-order valence-corrected chi connectivity index (χ4v) is 0.551. The number of carbonyl (C=O) groups is 1. The van der Waals surface area contributed by atoms with Crippen molar-refractivity contribution in [2.24, 2.45) is 5.11 Å². The van der Waals surface area contributed by atoms with Gasteiger partial charge in [0.2, 0.25) is 5.91 Å². The van der Waals surface area contributed by atoms with E-state index >= 15 is 0 Å². The van der Waals surface area contributed by atoms with Crippen molar-refractivity contribution < 1.29 is 4.79 Å². The smallest absolute Gasteiger partial charge is 0.244 e. The van der Waals surface area contributed by atoms with Gasteiger partial charge in [0.05, 0.1) is 0 Å². The number of hydrogen-bond donors (Lipinski definition) is 0.